The van der Waals surface area contributed by atoms with Crippen LogP contribution in [0.15, 0.2) is 18.2 Å². The predicted molar refractivity (Wildman–Crippen MR) is 82.5 cm³/mol. The van der Waals surface area contributed by atoms with Crippen molar-refractivity contribution in [3.05, 3.63) is 23.8 Å². The largest absolute Gasteiger partial charge is 0.493 e. The molecule has 112 valence electrons. The van der Waals surface area contributed by atoms with E-state index in [4.69, 9.17) is 9.47 Å². The molecule has 0 heterocycles. The second-order valence-electron chi connectivity index (χ2n) is 6.44. The standard InChI is InChI=1S/C17H27NO2/c1-12(18-16-7-6-10-17(16,2)3)13-8-9-14(19-4)15(11-13)20-5/h8-9,11-12,16,18H,6-7,10H2,1-5H3. The van der Waals surface area contributed by atoms with Gasteiger partial charge in [0.1, 0.15) is 0 Å². The molecule has 3 heteroatoms. The summed E-state index contributed by atoms with van der Waals surface area (Å²) < 4.78 is 10.7. The maximum atomic E-state index is 5.39. The Morgan fingerprint density at radius 2 is 1.90 bits per heavy atom. The van der Waals surface area contributed by atoms with Crippen LogP contribution in [0.4, 0.5) is 0 Å². The fraction of sp³-hybridized carbons (Fsp3) is 0.647. The van der Waals surface area contributed by atoms with Crippen LogP contribution in [0.1, 0.15) is 51.6 Å². The van der Waals surface area contributed by atoms with E-state index in [1.807, 2.05) is 6.07 Å². The second kappa shape index (κ2) is 6.04. The first-order chi connectivity index (χ1) is 9.47. The van der Waals surface area contributed by atoms with Crippen molar-refractivity contribution in [2.45, 2.75) is 52.1 Å². The monoisotopic (exact) mass is 277 g/mol. The van der Waals surface area contributed by atoms with E-state index in [1.54, 1.807) is 14.2 Å². The van der Waals surface area contributed by atoms with Crippen molar-refractivity contribution in [3.63, 3.8) is 0 Å². The fourth-order valence-electron chi connectivity index (χ4n) is 3.16. The molecular weight excluding hydrogens is 250 g/mol. The van der Waals surface area contributed by atoms with Crippen molar-refractivity contribution >= 4 is 0 Å². The first-order valence-electron chi connectivity index (χ1n) is 7.46. The highest BCUT2D eigenvalue weighted by molar-refractivity contribution is 5.43. The lowest BCUT2D eigenvalue weighted by atomic mass is 9.86. The summed E-state index contributed by atoms with van der Waals surface area (Å²) in [6.45, 7) is 6.94. The third kappa shape index (κ3) is 3.09. The summed E-state index contributed by atoms with van der Waals surface area (Å²) in [5, 5.41) is 3.78. The summed E-state index contributed by atoms with van der Waals surface area (Å²) in [4.78, 5) is 0. The van der Waals surface area contributed by atoms with Crippen LogP contribution in [-0.4, -0.2) is 20.3 Å². The summed E-state index contributed by atoms with van der Waals surface area (Å²) in [7, 11) is 3.35. The van der Waals surface area contributed by atoms with Gasteiger partial charge >= 0.3 is 0 Å². The molecule has 0 amide bonds. The zero-order valence-electron chi connectivity index (χ0n) is 13.3. The third-order valence-corrected chi connectivity index (χ3v) is 4.62. The number of methoxy groups -OCH3 is 2. The van der Waals surface area contributed by atoms with E-state index in [0.717, 1.165) is 11.5 Å². The van der Waals surface area contributed by atoms with E-state index in [9.17, 15) is 0 Å². The van der Waals surface area contributed by atoms with Gasteiger partial charge in [-0.2, -0.15) is 0 Å². The second-order valence-corrected chi connectivity index (χ2v) is 6.44. The molecule has 3 nitrogen and oxygen atoms in total. The van der Waals surface area contributed by atoms with Gasteiger partial charge in [0.05, 0.1) is 14.2 Å². The van der Waals surface area contributed by atoms with Gasteiger partial charge in [-0.25, -0.2) is 0 Å². The van der Waals surface area contributed by atoms with E-state index < -0.39 is 0 Å². The molecule has 0 spiro atoms. The molecule has 2 rings (SSSR count). The number of hydrogen-bond donors (Lipinski definition) is 1. The number of benzene rings is 1. The zero-order chi connectivity index (χ0) is 14.8. The SMILES string of the molecule is COc1ccc(C(C)NC2CCCC2(C)C)cc1OC. The van der Waals surface area contributed by atoms with Crippen LogP contribution in [0.5, 0.6) is 11.5 Å². The summed E-state index contributed by atoms with van der Waals surface area (Å²) in [6.07, 6.45) is 3.90. The van der Waals surface area contributed by atoms with Gasteiger partial charge < -0.3 is 14.8 Å². The topological polar surface area (TPSA) is 30.5 Å². The first-order valence-corrected chi connectivity index (χ1v) is 7.46. The summed E-state index contributed by atoms with van der Waals surface area (Å²) in [5.41, 5.74) is 1.63. The Balaban J connectivity index is 2.11. The van der Waals surface area contributed by atoms with Crippen molar-refractivity contribution < 1.29 is 9.47 Å². The molecule has 20 heavy (non-hydrogen) atoms. The highest BCUT2D eigenvalue weighted by atomic mass is 16.5. The van der Waals surface area contributed by atoms with E-state index in [2.05, 4.69) is 38.2 Å². The molecule has 1 fully saturated rings. The van der Waals surface area contributed by atoms with Gasteiger partial charge in [-0.05, 0) is 42.9 Å². The molecule has 0 aromatic heterocycles. The van der Waals surface area contributed by atoms with Crippen LogP contribution in [0, 0.1) is 5.41 Å². The highest BCUT2D eigenvalue weighted by Crippen LogP contribution is 2.39. The van der Waals surface area contributed by atoms with Crippen molar-refractivity contribution in [1.82, 2.24) is 5.32 Å². The van der Waals surface area contributed by atoms with Crippen molar-refractivity contribution in [1.29, 1.82) is 0 Å². The Hall–Kier alpha value is -1.22. The van der Waals surface area contributed by atoms with Gasteiger partial charge in [0.15, 0.2) is 11.5 Å². The highest BCUT2D eigenvalue weighted by Gasteiger charge is 2.35. The third-order valence-electron chi connectivity index (χ3n) is 4.62. The Kier molecular flexibility index (Phi) is 4.59. The quantitative estimate of drug-likeness (QED) is 0.884. The molecule has 0 bridgehead atoms. The Labute approximate surface area is 122 Å². The average Bonchev–Trinajstić information content (AvgIpc) is 2.77. The molecule has 2 unspecified atom stereocenters. The summed E-state index contributed by atoms with van der Waals surface area (Å²) in [5.74, 6) is 1.58. The molecule has 1 aliphatic rings. The lowest BCUT2D eigenvalue weighted by molar-refractivity contribution is 0.266. The van der Waals surface area contributed by atoms with Crippen LogP contribution >= 0.6 is 0 Å². The van der Waals surface area contributed by atoms with Gasteiger partial charge in [-0.3, -0.25) is 0 Å². The van der Waals surface area contributed by atoms with Crippen LogP contribution in [-0.2, 0) is 0 Å². The van der Waals surface area contributed by atoms with Crippen LogP contribution < -0.4 is 14.8 Å². The number of ether oxygens (including phenoxy) is 2. The first kappa shape index (κ1) is 15.2. The molecule has 1 aromatic rings. The van der Waals surface area contributed by atoms with Crippen LogP contribution in [0.25, 0.3) is 0 Å². The average molecular weight is 277 g/mol. The van der Waals surface area contributed by atoms with Gasteiger partial charge in [0.25, 0.3) is 0 Å². The molecular formula is C17H27NO2. The molecule has 0 radical (unpaired) electrons. The van der Waals surface area contributed by atoms with Gasteiger partial charge in [-0.15, -0.1) is 0 Å². The lowest BCUT2D eigenvalue weighted by Crippen LogP contribution is -2.39. The molecule has 0 saturated heterocycles. The maximum Gasteiger partial charge on any atom is 0.161 e. The van der Waals surface area contributed by atoms with E-state index >= 15 is 0 Å². The van der Waals surface area contributed by atoms with E-state index in [-0.39, 0.29) is 0 Å². The van der Waals surface area contributed by atoms with Gasteiger partial charge in [0, 0.05) is 12.1 Å². The van der Waals surface area contributed by atoms with E-state index in [0.29, 0.717) is 17.5 Å². The molecule has 1 N–H and O–H groups in total. The minimum atomic E-state index is 0.317. The summed E-state index contributed by atoms with van der Waals surface area (Å²) in [6, 6.07) is 7.06. The van der Waals surface area contributed by atoms with E-state index in [1.165, 1.54) is 24.8 Å². The molecule has 1 aromatic carbocycles. The van der Waals surface area contributed by atoms with Crippen LogP contribution in [0.3, 0.4) is 0 Å². The minimum Gasteiger partial charge on any atom is -0.493 e. The zero-order valence-corrected chi connectivity index (χ0v) is 13.3. The Morgan fingerprint density at radius 3 is 2.45 bits per heavy atom. The van der Waals surface area contributed by atoms with Crippen LogP contribution in [0.2, 0.25) is 0 Å². The smallest absolute Gasteiger partial charge is 0.161 e. The normalized spacial score (nSPS) is 22.6. The Morgan fingerprint density at radius 1 is 1.20 bits per heavy atom. The van der Waals surface area contributed by atoms with Gasteiger partial charge in [0.2, 0.25) is 0 Å². The Bertz CT molecular complexity index is 456. The predicted octanol–water partition coefficient (Wildman–Crippen LogP) is 3.93. The summed E-state index contributed by atoms with van der Waals surface area (Å²) >= 11 is 0. The number of hydrogen-bond acceptors (Lipinski definition) is 3. The molecule has 2 atom stereocenters. The van der Waals surface area contributed by atoms with Crippen molar-refractivity contribution in [3.8, 4) is 11.5 Å². The molecule has 1 saturated carbocycles. The molecule has 0 aliphatic heterocycles. The fourth-order valence-corrected chi connectivity index (χ4v) is 3.16. The lowest BCUT2D eigenvalue weighted by Gasteiger charge is -2.31. The molecule has 1 aliphatic carbocycles. The van der Waals surface area contributed by atoms with Crippen molar-refractivity contribution in [2.75, 3.05) is 14.2 Å². The minimum absolute atomic E-state index is 0.317. The van der Waals surface area contributed by atoms with Crippen molar-refractivity contribution in [2.24, 2.45) is 5.41 Å². The number of nitrogens with one attached hydrogen (secondary N) is 1. The van der Waals surface area contributed by atoms with Gasteiger partial charge in [-0.1, -0.05) is 26.3 Å². The maximum absolute atomic E-state index is 5.39. The number of rotatable bonds is 5.